The number of carboxylic acid groups (broad SMARTS) is 1. The predicted molar refractivity (Wildman–Crippen MR) is 130 cm³/mol. The molecule has 0 aromatic heterocycles. The van der Waals surface area contributed by atoms with Crippen LogP contribution < -0.4 is 10.6 Å². The van der Waals surface area contributed by atoms with Gasteiger partial charge in [-0.3, -0.25) is 4.79 Å². The van der Waals surface area contributed by atoms with Crippen molar-refractivity contribution in [2.45, 2.75) is 50.1 Å². The Morgan fingerprint density at radius 2 is 1.69 bits per heavy atom. The lowest BCUT2D eigenvalue weighted by atomic mass is 9.98. The van der Waals surface area contributed by atoms with E-state index in [1.165, 1.54) is 29.4 Å². The molecule has 0 aliphatic heterocycles. The number of aliphatic carboxylic acids is 1. The number of carboxylic acids is 1. The number of carbonyl (C=O) groups excluding carboxylic acids is 2. The van der Waals surface area contributed by atoms with Crippen LogP contribution in [-0.4, -0.2) is 55.5 Å². The molecule has 1 unspecified atom stereocenters. The van der Waals surface area contributed by atoms with Gasteiger partial charge < -0.3 is 25.2 Å². The monoisotopic (exact) mass is 480 g/mol. The lowest BCUT2D eigenvalue weighted by Gasteiger charge is -2.17. The first-order valence-electron chi connectivity index (χ1n) is 12.1. The number of rotatable bonds is 10. The van der Waals surface area contributed by atoms with Gasteiger partial charge in [-0.2, -0.15) is 0 Å². The van der Waals surface area contributed by atoms with Gasteiger partial charge in [-0.25, -0.2) is 9.59 Å². The third kappa shape index (κ3) is 6.00. The highest BCUT2D eigenvalue weighted by Gasteiger charge is 2.31. The Labute approximate surface area is 205 Å². The number of fused-ring (bicyclic) bond motifs is 3. The first kappa shape index (κ1) is 24.7. The molecule has 3 atom stereocenters. The van der Waals surface area contributed by atoms with Crippen LogP contribution in [0.2, 0.25) is 0 Å². The molecular formula is C27H32N2O6. The van der Waals surface area contributed by atoms with Crippen LogP contribution in [0.4, 0.5) is 4.79 Å². The molecule has 8 heteroatoms. The van der Waals surface area contributed by atoms with Gasteiger partial charge in [0.25, 0.3) is 0 Å². The molecule has 0 heterocycles. The third-order valence-corrected chi connectivity index (χ3v) is 6.92. The molecule has 8 nitrogen and oxygen atoms in total. The first-order chi connectivity index (χ1) is 17.0. The van der Waals surface area contributed by atoms with Crippen molar-refractivity contribution in [2.24, 2.45) is 5.92 Å². The molecule has 2 aromatic rings. The van der Waals surface area contributed by atoms with E-state index in [-0.39, 0.29) is 49.8 Å². The highest BCUT2D eigenvalue weighted by atomic mass is 16.5. The fraction of sp³-hybridized carbons (Fsp3) is 0.444. The van der Waals surface area contributed by atoms with Gasteiger partial charge in [-0.05, 0) is 47.4 Å². The molecule has 0 radical (unpaired) electrons. The molecule has 3 N–H and O–H groups in total. The van der Waals surface area contributed by atoms with Crippen molar-refractivity contribution in [3.63, 3.8) is 0 Å². The molecule has 1 saturated carbocycles. The predicted octanol–water partition coefficient (Wildman–Crippen LogP) is 3.69. The number of nitrogens with one attached hydrogen (secondary N) is 2. The highest BCUT2D eigenvalue weighted by molar-refractivity contribution is 5.83. The number of amides is 2. The van der Waals surface area contributed by atoms with Crippen LogP contribution in [0.5, 0.6) is 0 Å². The van der Waals surface area contributed by atoms with E-state index in [2.05, 4.69) is 34.9 Å². The summed E-state index contributed by atoms with van der Waals surface area (Å²) < 4.78 is 10.5. The van der Waals surface area contributed by atoms with Crippen molar-refractivity contribution in [1.82, 2.24) is 10.6 Å². The second-order valence-corrected chi connectivity index (χ2v) is 9.29. The van der Waals surface area contributed by atoms with Crippen LogP contribution >= 0.6 is 0 Å². The topological polar surface area (TPSA) is 114 Å². The number of hydrogen-bond donors (Lipinski definition) is 3. The molecule has 186 valence electrons. The summed E-state index contributed by atoms with van der Waals surface area (Å²) in [6.07, 6.45) is 2.21. The molecule has 0 saturated heterocycles. The smallest absolute Gasteiger partial charge is 0.407 e. The molecule has 0 spiro atoms. The van der Waals surface area contributed by atoms with Crippen molar-refractivity contribution >= 4 is 18.0 Å². The largest absolute Gasteiger partial charge is 0.480 e. The van der Waals surface area contributed by atoms with E-state index in [1.807, 2.05) is 24.3 Å². The van der Waals surface area contributed by atoms with Crippen LogP contribution in [0.25, 0.3) is 11.1 Å². The van der Waals surface area contributed by atoms with E-state index >= 15 is 0 Å². The number of alkyl carbamates (subject to hydrolysis) is 1. The molecular weight excluding hydrogens is 448 g/mol. The zero-order valence-electron chi connectivity index (χ0n) is 19.9. The molecule has 0 bridgehead atoms. The van der Waals surface area contributed by atoms with Gasteiger partial charge in [0.15, 0.2) is 0 Å². The second-order valence-electron chi connectivity index (χ2n) is 9.29. The van der Waals surface area contributed by atoms with Crippen LogP contribution in [0.3, 0.4) is 0 Å². The van der Waals surface area contributed by atoms with E-state index < -0.39 is 18.1 Å². The molecule has 2 aromatic carbocycles. The van der Waals surface area contributed by atoms with E-state index in [9.17, 15) is 19.5 Å². The lowest BCUT2D eigenvalue weighted by Crippen LogP contribution is -2.42. The van der Waals surface area contributed by atoms with Crippen LogP contribution in [0.1, 0.15) is 49.1 Å². The normalized spacial score (nSPS) is 19.5. The average molecular weight is 481 g/mol. The average Bonchev–Trinajstić information content (AvgIpc) is 3.41. The minimum Gasteiger partial charge on any atom is -0.480 e. The summed E-state index contributed by atoms with van der Waals surface area (Å²) in [7, 11) is 1.49. The Balaban J connectivity index is 1.24. The lowest BCUT2D eigenvalue weighted by molar-refractivity contribution is -0.142. The van der Waals surface area contributed by atoms with E-state index in [0.717, 1.165) is 12.8 Å². The van der Waals surface area contributed by atoms with Crippen LogP contribution in [-0.2, 0) is 19.1 Å². The quantitative estimate of drug-likeness (QED) is 0.478. The van der Waals surface area contributed by atoms with Crippen molar-refractivity contribution in [2.75, 3.05) is 20.3 Å². The van der Waals surface area contributed by atoms with Gasteiger partial charge >= 0.3 is 12.1 Å². The summed E-state index contributed by atoms with van der Waals surface area (Å²) in [4.78, 5) is 36.2. The van der Waals surface area contributed by atoms with Gasteiger partial charge in [-0.15, -0.1) is 0 Å². The summed E-state index contributed by atoms with van der Waals surface area (Å²) in [5, 5.41) is 14.8. The Hall–Kier alpha value is -3.39. The van der Waals surface area contributed by atoms with E-state index in [0.29, 0.717) is 6.42 Å². The fourth-order valence-corrected chi connectivity index (χ4v) is 5.21. The Morgan fingerprint density at radius 1 is 1.03 bits per heavy atom. The maximum Gasteiger partial charge on any atom is 0.407 e. The standard InChI is InChI=1S/C27H32N2O6/c1-34-13-12-24(26(31)32)29-25(30)15-17-10-11-18(14-17)28-27(33)35-16-23-21-8-4-2-6-19(21)20-7-3-5-9-22(20)23/h2-9,17-18,23-24H,10-16H2,1H3,(H,28,33)(H,29,30)(H,31,32)/t17-,18+,24?/m1/s1. The minimum absolute atomic E-state index is 0.00783. The van der Waals surface area contributed by atoms with Gasteiger partial charge in [0.05, 0.1) is 0 Å². The fourth-order valence-electron chi connectivity index (χ4n) is 5.21. The van der Waals surface area contributed by atoms with E-state index in [1.54, 1.807) is 0 Å². The Kier molecular flexibility index (Phi) is 8.02. The molecule has 2 aliphatic carbocycles. The maximum absolute atomic E-state index is 12.5. The van der Waals surface area contributed by atoms with Gasteiger partial charge in [0.1, 0.15) is 12.6 Å². The summed E-state index contributed by atoms with van der Waals surface area (Å²) in [6, 6.07) is 15.4. The number of methoxy groups -OCH3 is 1. The molecule has 4 rings (SSSR count). The SMILES string of the molecule is COCCC(NC(=O)C[C@@H]1CC[C@H](NC(=O)OCC2c3ccccc3-c3ccccc32)C1)C(=O)O. The van der Waals surface area contributed by atoms with Gasteiger partial charge in [0, 0.05) is 38.5 Å². The zero-order chi connectivity index (χ0) is 24.8. The van der Waals surface area contributed by atoms with Gasteiger partial charge in [0.2, 0.25) is 5.91 Å². The summed E-state index contributed by atoms with van der Waals surface area (Å²) in [6.45, 7) is 0.517. The second kappa shape index (κ2) is 11.4. The summed E-state index contributed by atoms with van der Waals surface area (Å²) >= 11 is 0. The van der Waals surface area contributed by atoms with Crippen molar-refractivity contribution < 1.29 is 29.0 Å². The van der Waals surface area contributed by atoms with Crippen molar-refractivity contribution in [3.05, 3.63) is 59.7 Å². The highest BCUT2D eigenvalue weighted by Crippen LogP contribution is 2.44. The molecule has 2 aliphatic rings. The number of hydrogen-bond acceptors (Lipinski definition) is 5. The first-order valence-corrected chi connectivity index (χ1v) is 12.1. The third-order valence-electron chi connectivity index (χ3n) is 6.92. The van der Waals surface area contributed by atoms with E-state index in [4.69, 9.17) is 9.47 Å². The number of benzene rings is 2. The van der Waals surface area contributed by atoms with Crippen LogP contribution in [0.15, 0.2) is 48.5 Å². The molecule has 2 amide bonds. The summed E-state index contributed by atoms with van der Waals surface area (Å²) in [5.41, 5.74) is 4.69. The van der Waals surface area contributed by atoms with Crippen molar-refractivity contribution in [1.29, 1.82) is 0 Å². The summed E-state index contributed by atoms with van der Waals surface area (Å²) in [5.74, 6) is -1.27. The molecule has 35 heavy (non-hydrogen) atoms. The van der Waals surface area contributed by atoms with Gasteiger partial charge in [-0.1, -0.05) is 48.5 Å². The number of ether oxygens (including phenoxy) is 2. The maximum atomic E-state index is 12.5. The number of carbonyl (C=O) groups is 3. The van der Waals surface area contributed by atoms with Crippen LogP contribution in [0, 0.1) is 5.92 Å². The molecule has 1 fully saturated rings. The Bertz CT molecular complexity index is 1030. The minimum atomic E-state index is -1.07. The van der Waals surface area contributed by atoms with Crippen molar-refractivity contribution in [3.8, 4) is 11.1 Å². The Morgan fingerprint density at radius 3 is 2.31 bits per heavy atom. The zero-order valence-corrected chi connectivity index (χ0v) is 19.9.